The van der Waals surface area contributed by atoms with Crippen molar-refractivity contribution >= 4 is 36.5 Å². The lowest BCUT2D eigenvalue weighted by atomic mass is 10.1. The van der Waals surface area contributed by atoms with Crippen molar-refractivity contribution in [1.82, 2.24) is 0 Å². The zero-order valence-electron chi connectivity index (χ0n) is 12.7. The van der Waals surface area contributed by atoms with E-state index in [1.54, 1.807) is 12.1 Å². The zero-order valence-corrected chi connectivity index (χ0v) is 14.3. The minimum Gasteiger partial charge on any atom is -0.280 e. The maximum atomic E-state index is 13.9. The van der Waals surface area contributed by atoms with Crippen molar-refractivity contribution in [2.75, 3.05) is 4.72 Å². The van der Waals surface area contributed by atoms with E-state index in [0.29, 0.717) is 0 Å². The van der Waals surface area contributed by atoms with Crippen LogP contribution in [0.2, 0.25) is 0 Å². The molecule has 130 valence electrons. The molecule has 6 nitrogen and oxygen atoms in total. The molecule has 25 heavy (non-hydrogen) atoms. The van der Waals surface area contributed by atoms with E-state index in [-0.39, 0.29) is 26.3 Å². The molecule has 0 aliphatic heterocycles. The summed E-state index contributed by atoms with van der Waals surface area (Å²) in [4.78, 5) is -0.220. The quantitative estimate of drug-likeness (QED) is 0.725. The van der Waals surface area contributed by atoms with Crippen molar-refractivity contribution in [3.8, 4) is 0 Å². The number of benzene rings is 3. The highest BCUT2D eigenvalue weighted by Gasteiger charge is 2.19. The Balaban J connectivity index is 2.02. The molecule has 3 aromatic carbocycles. The van der Waals surface area contributed by atoms with Crippen LogP contribution in [0.25, 0.3) is 10.8 Å². The van der Waals surface area contributed by atoms with Crippen LogP contribution in [0.15, 0.2) is 70.5 Å². The van der Waals surface area contributed by atoms with E-state index in [9.17, 15) is 21.2 Å². The Morgan fingerprint density at radius 1 is 0.800 bits per heavy atom. The SMILES string of the molecule is NS(=O)(=O)c1ccc(NS(=O)(=O)c2ccc(F)c3ccccc23)cc1. The smallest absolute Gasteiger partial charge is 0.262 e. The third kappa shape index (κ3) is 3.48. The van der Waals surface area contributed by atoms with E-state index >= 15 is 0 Å². The number of sulfonamides is 2. The number of rotatable bonds is 4. The summed E-state index contributed by atoms with van der Waals surface area (Å²) in [5, 5.41) is 5.44. The maximum Gasteiger partial charge on any atom is 0.262 e. The zero-order chi connectivity index (χ0) is 18.2. The molecule has 0 spiro atoms. The van der Waals surface area contributed by atoms with Gasteiger partial charge in [-0.2, -0.15) is 0 Å². The van der Waals surface area contributed by atoms with Gasteiger partial charge in [-0.1, -0.05) is 24.3 Å². The van der Waals surface area contributed by atoms with Gasteiger partial charge in [0.15, 0.2) is 0 Å². The number of fused-ring (bicyclic) bond motifs is 1. The van der Waals surface area contributed by atoms with Crippen molar-refractivity contribution in [3.05, 3.63) is 66.5 Å². The van der Waals surface area contributed by atoms with Crippen LogP contribution in [0.5, 0.6) is 0 Å². The maximum absolute atomic E-state index is 13.9. The van der Waals surface area contributed by atoms with E-state index in [1.807, 2.05) is 0 Å². The molecule has 0 radical (unpaired) electrons. The Hall–Kier alpha value is -2.49. The molecule has 0 saturated heterocycles. The average molecular weight is 380 g/mol. The molecule has 0 aromatic heterocycles. The van der Waals surface area contributed by atoms with Gasteiger partial charge in [0.1, 0.15) is 5.82 Å². The standard InChI is InChI=1S/C16H13FN2O4S2/c17-15-9-10-16(14-4-2-1-3-13(14)15)25(22,23)19-11-5-7-12(8-6-11)24(18,20)21/h1-10,19H,(H2,18,20,21). The number of primary sulfonamides is 1. The third-order valence-electron chi connectivity index (χ3n) is 3.56. The van der Waals surface area contributed by atoms with Crippen molar-refractivity contribution in [3.63, 3.8) is 0 Å². The second-order valence-electron chi connectivity index (χ2n) is 5.27. The van der Waals surface area contributed by atoms with Gasteiger partial charge in [0.2, 0.25) is 10.0 Å². The number of hydrogen-bond donors (Lipinski definition) is 2. The van der Waals surface area contributed by atoms with Gasteiger partial charge in [-0.25, -0.2) is 26.4 Å². The number of halogens is 1. The second kappa shape index (κ2) is 6.10. The number of nitrogens with one attached hydrogen (secondary N) is 1. The largest absolute Gasteiger partial charge is 0.280 e. The molecule has 0 heterocycles. The number of nitrogens with two attached hydrogens (primary N) is 1. The van der Waals surface area contributed by atoms with Gasteiger partial charge < -0.3 is 0 Å². The average Bonchev–Trinajstić information content (AvgIpc) is 2.54. The lowest BCUT2D eigenvalue weighted by molar-refractivity contribution is 0.597. The third-order valence-corrected chi connectivity index (χ3v) is 5.92. The van der Waals surface area contributed by atoms with Crippen LogP contribution in [0.1, 0.15) is 0 Å². The Morgan fingerprint density at radius 2 is 1.40 bits per heavy atom. The van der Waals surface area contributed by atoms with Crippen LogP contribution in [0.3, 0.4) is 0 Å². The Bertz CT molecular complexity index is 1160. The van der Waals surface area contributed by atoms with Crippen LogP contribution in [-0.4, -0.2) is 16.8 Å². The molecule has 3 N–H and O–H groups in total. The summed E-state index contributed by atoms with van der Waals surface area (Å²) in [6.45, 7) is 0. The van der Waals surface area contributed by atoms with E-state index in [0.717, 1.165) is 6.07 Å². The summed E-state index contributed by atoms with van der Waals surface area (Å²) in [6, 6.07) is 13.4. The molecular weight excluding hydrogens is 367 g/mol. The molecule has 0 aliphatic carbocycles. The molecule has 9 heteroatoms. The molecule has 0 fully saturated rings. The van der Waals surface area contributed by atoms with Crippen LogP contribution in [0.4, 0.5) is 10.1 Å². The van der Waals surface area contributed by atoms with Gasteiger partial charge >= 0.3 is 0 Å². The fraction of sp³-hybridized carbons (Fsp3) is 0. The summed E-state index contributed by atoms with van der Waals surface area (Å²) in [7, 11) is -7.87. The number of hydrogen-bond acceptors (Lipinski definition) is 4. The van der Waals surface area contributed by atoms with Crippen LogP contribution < -0.4 is 9.86 Å². The van der Waals surface area contributed by atoms with Crippen molar-refractivity contribution in [2.45, 2.75) is 9.79 Å². The minimum absolute atomic E-state index is 0.0833. The molecular formula is C16H13FN2O4S2. The molecule has 3 rings (SSSR count). The first-order valence-corrected chi connectivity index (χ1v) is 10.0. The second-order valence-corrected chi connectivity index (χ2v) is 8.48. The molecule has 0 atom stereocenters. The highest BCUT2D eigenvalue weighted by Crippen LogP contribution is 2.27. The van der Waals surface area contributed by atoms with Gasteiger partial charge in [-0.3, -0.25) is 4.72 Å². The summed E-state index contributed by atoms with van der Waals surface area (Å²) in [5.74, 6) is -0.521. The Kier molecular flexibility index (Phi) is 4.23. The Labute approximate surface area is 144 Å². The highest BCUT2D eigenvalue weighted by atomic mass is 32.2. The van der Waals surface area contributed by atoms with E-state index < -0.39 is 25.9 Å². The lowest BCUT2D eigenvalue weighted by Crippen LogP contribution is -2.14. The van der Waals surface area contributed by atoms with Crippen LogP contribution >= 0.6 is 0 Å². The van der Waals surface area contributed by atoms with Gasteiger partial charge in [-0.05, 0) is 36.4 Å². The van der Waals surface area contributed by atoms with Crippen molar-refractivity contribution in [1.29, 1.82) is 0 Å². The van der Waals surface area contributed by atoms with E-state index in [1.165, 1.54) is 42.5 Å². The van der Waals surface area contributed by atoms with Gasteiger partial charge in [0.05, 0.1) is 9.79 Å². The van der Waals surface area contributed by atoms with E-state index in [4.69, 9.17) is 5.14 Å². The topological polar surface area (TPSA) is 106 Å². The first kappa shape index (κ1) is 17.3. The van der Waals surface area contributed by atoms with E-state index in [2.05, 4.69) is 4.72 Å². The first-order chi connectivity index (χ1) is 11.7. The molecule has 0 unspecified atom stereocenters. The molecule has 0 aliphatic rings. The fourth-order valence-corrected chi connectivity index (χ4v) is 4.18. The van der Waals surface area contributed by atoms with Gasteiger partial charge in [0, 0.05) is 16.5 Å². The van der Waals surface area contributed by atoms with Crippen LogP contribution in [0, 0.1) is 5.82 Å². The minimum atomic E-state index is -4.00. The normalized spacial score (nSPS) is 12.2. The fourth-order valence-electron chi connectivity index (χ4n) is 2.39. The molecule has 3 aromatic rings. The predicted molar refractivity (Wildman–Crippen MR) is 92.5 cm³/mol. The summed E-state index contributed by atoms with van der Waals surface area (Å²) in [6.07, 6.45) is 0. The molecule has 0 saturated carbocycles. The summed E-state index contributed by atoms with van der Waals surface area (Å²) >= 11 is 0. The van der Waals surface area contributed by atoms with Crippen molar-refractivity contribution in [2.24, 2.45) is 5.14 Å². The number of anilines is 1. The van der Waals surface area contributed by atoms with Crippen LogP contribution in [-0.2, 0) is 20.0 Å². The lowest BCUT2D eigenvalue weighted by Gasteiger charge is -2.11. The van der Waals surface area contributed by atoms with Crippen molar-refractivity contribution < 1.29 is 21.2 Å². The first-order valence-electron chi connectivity index (χ1n) is 7.01. The summed E-state index contributed by atoms with van der Waals surface area (Å²) in [5.41, 5.74) is 0.154. The molecule has 0 bridgehead atoms. The summed E-state index contributed by atoms with van der Waals surface area (Å²) < 4.78 is 63.9. The van der Waals surface area contributed by atoms with Gasteiger partial charge in [-0.15, -0.1) is 0 Å². The predicted octanol–water partition coefficient (Wildman–Crippen LogP) is 2.43. The monoisotopic (exact) mass is 380 g/mol. The molecule has 0 amide bonds. The Morgan fingerprint density at radius 3 is 2.00 bits per heavy atom. The van der Waals surface area contributed by atoms with Gasteiger partial charge in [0.25, 0.3) is 10.0 Å². The highest BCUT2D eigenvalue weighted by molar-refractivity contribution is 7.93.